The molecule has 2 aromatic carbocycles. The van der Waals surface area contributed by atoms with E-state index in [2.05, 4.69) is 10.5 Å². The molecule has 2 rings (SSSR count). The number of nitrogens with one attached hydrogen (secondary N) is 1. The van der Waals surface area contributed by atoms with Gasteiger partial charge in [0.1, 0.15) is 11.5 Å². The largest absolute Gasteiger partial charge is 0.508 e. The Morgan fingerprint density at radius 2 is 1.95 bits per heavy atom. The van der Waals surface area contributed by atoms with Crippen LogP contribution in [0.4, 0.5) is 0 Å². The van der Waals surface area contributed by atoms with Gasteiger partial charge in [-0.1, -0.05) is 17.7 Å². The number of ether oxygens (including phenoxy) is 1. The summed E-state index contributed by atoms with van der Waals surface area (Å²) < 4.78 is 5.45. The van der Waals surface area contributed by atoms with Crippen LogP contribution in [0.15, 0.2) is 47.6 Å². The molecule has 0 spiro atoms. The molecule has 0 saturated heterocycles. The molecule has 1 amide bonds. The molecule has 0 atom stereocenters. The van der Waals surface area contributed by atoms with Crippen molar-refractivity contribution in [2.24, 2.45) is 5.10 Å². The normalized spacial score (nSPS) is 10.6. The Bertz CT molecular complexity index is 679. The van der Waals surface area contributed by atoms with Crippen LogP contribution in [0.1, 0.15) is 16.7 Å². The van der Waals surface area contributed by atoms with Crippen molar-refractivity contribution in [2.75, 3.05) is 6.61 Å². The summed E-state index contributed by atoms with van der Waals surface area (Å²) in [4.78, 5) is 11.6. The van der Waals surface area contributed by atoms with Gasteiger partial charge < -0.3 is 9.84 Å². The van der Waals surface area contributed by atoms with E-state index in [1.165, 1.54) is 6.21 Å². The first kappa shape index (κ1) is 15.6. The van der Waals surface area contributed by atoms with Gasteiger partial charge in [-0.15, -0.1) is 0 Å². The minimum absolute atomic E-state index is 0.100. The van der Waals surface area contributed by atoms with Gasteiger partial charge in [-0.2, -0.15) is 5.10 Å². The molecule has 22 heavy (non-hydrogen) atoms. The lowest BCUT2D eigenvalue weighted by atomic mass is 10.1. The van der Waals surface area contributed by atoms with E-state index in [4.69, 9.17) is 9.84 Å². The summed E-state index contributed by atoms with van der Waals surface area (Å²) in [5.74, 6) is 0.529. The van der Waals surface area contributed by atoms with Gasteiger partial charge in [0, 0.05) is 0 Å². The summed E-state index contributed by atoms with van der Waals surface area (Å²) in [6, 6.07) is 12.3. The van der Waals surface area contributed by atoms with Gasteiger partial charge in [0.15, 0.2) is 6.61 Å². The molecule has 0 fully saturated rings. The van der Waals surface area contributed by atoms with Gasteiger partial charge in [-0.3, -0.25) is 4.79 Å². The number of hydrogen-bond donors (Lipinski definition) is 2. The molecule has 0 aliphatic rings. The molecule has 0 aromatic heterocycles. The van der Waals surface area contributed by atoms with E-state index < -0.39 is 0 Å². The van der Waals surface area contributed by atoms with Crippen LogP contribution in [0.5, 0.6) is 11.5 Å². The van der Waals surface area contributed by atoms with E-state index in [0.717, 1.165) is 16.7 Å². The first-order valence-electron chi connectivity index (χ1n) is 6.85. The molecule has 0 saturated carbocycles. The number of rotatable bonds is 5. The summed E-state index contributed by atoms with van der Waals surface area (Å²) in [7, 11) is 0. The Morgan fingerprint density at radius 1 is 1.23 bits per heavy atom. The molecular formula is C17H18N2O3. The van der Waals surface area contributed by atoms with E-state index in [9.17, 15) is 4.79 Å². The second kappa shape index (κ2) is 7.26. The molecule has 0 radical (unpaired) electrons. The zero-order chi connectivity index (χ0) is 15.9. The van der Waals surface area contributed by atoms with Gasteiger partial charge in [-0.05, 0) is 55.3 Å². The number of phenolic OH excluding ortho intramolecular Hbond substituents is 1. The van der Waals surface area contributed by atoms with Crippen LogP contribution in [0, 0.1) is 13.8 Å². The molecule has 0 aliphatic carbocycles. The summed E-state index contributed by atoms with van der Waals surface area (Å²) >= 11 is 0. The van der Waals surface area contributed by atoms with Gasteiger partial charge in [0.25, 0.3) is 5.91 Å². The standard InChI is InChI=1S/C17H18N2O3/c1-12-3-8-16(13(2)9-12)22-11-17(21)19-18-10-14-4-6-15(20)7-5-14/h3-10,20H,11H2,1-2H3,(H,19,21)/b18-10-. The second-order valence-electron chi connectivity index (χ2n) is 4.94. The summed E-state index contributed by atoms with van der Waals surface area (Å²) in [6.07, 6.45) is 1.49. The summed E-state index contributed by atoms with van der Waals surface area (Å²) in [6.45, 7) is 3.83. The van der Waals surface area contributed by atoms with Crippen molar-refractivity contribution in [1.29, 1.82) is 0 Å². The lowest BCUT2D eigenvalue weighted by Gasteiger charge is -2.08. The fraction of sp³-hybridized carbons (Fsp3) is 0.176. The number of hydrazone groups is 1. The number of carbonyl (C=O) groups is 1. The van der Waals surface area contributed by atoms with Crippen LogP contribution in [0.2, 0.25) is 0 Å². The van der Waals surface area contributed by atoms with Gasteiger partial charge in [0.05, 0.1) is 6.21 Å². The molecule has 2 aromatic rings. The van der Waals surface area contributed by atoms with Crippen molar-refractivity contribution in [3.8, 4) is 11.5 Å². The molecule has 0 bridgehead atoms. The maximum absolute atomic E-state index is 11.6. The maximum atomic E-state index is 11.6. The Labute approximate surface area is 129 Å². The van der Waals surface area contributed by atoms with Crippen molar-refractivity contribution >= 4 is 12.1 Å². The topological polar surface area (TPSA) is 70.9 Å². The third-order valence-electron chi connectivity index (χ3n) is 2.99. The predicted molar refractivity (Wildman–Crippen MR) is 85.3 cm³/mol. The van der Waals surface area contributed by atoms with Gasteiger partial charge in [0.2, 0.25) is 0 Å². The van der Waals surface area contributed by atoms with Crippen molar-refractivity contribution < 1.29 is 14.6 Å². The lowest BCUT2D eigenvalue weighted by molar-refractivity contribution is -0.123. The van der Waals surface area contributed by atoms with Crippen LogP contribution in [0.25, 0.3) is 0 Å². The zero-order valence-electron chi connectivity index (χ0n) is 12.5. The highest BCUT2D eigenvalue weighted by molar-refractivity contribution is 5.83. The number of hydrogen-bond acceptors (Lipinski definition) is 4. The molecule has 0 aliphatic heterocycles. The van der Waals surface area contributed by atoms with Crippen LogP contribution < -0.4 is 10.2 Å². The number of nitrogens with zero attached hydrogens (tertiary/aromatic N) is 1. The van der Waals surface area contributed by atoms with Crippen LogP contribution in [0.3, 0.4) is 0 Å². The van der Waals surface area contributed by atoms with Crippen LogP contribution in [-0.4, -0.2) is 23.8 Å². The second-order valence-corrected chi connectivity index (χ2v) is 4.94. The van der Waals surface area contributed by atoms with Gasteiger partial charge >= 0.3 is 0 Å². The Kier molecular flexibility index (Phi) is 5.14. The van der Waals surface area contributed by atoms with Crippen LogP contribution >= 0.6 is 0 Å². The molecule has 0 unspecified atom stereocenters. The Hall–Kier alpha value is -2.82. The Morgan fingerprint density at radius 3 is 2.64 bits per heavy atom. The minimum Gasteiger partial charge on any atom is -0.508 e. The monoisotopic (exact) mass is 298 g/mol. The lowest BCUT2D eigenvalue weighted by Crippen LogP contribution is -2.24. The quantitative estimate of drug-likeness (QED) is 0.658. The summed E-state index contributed by atoms with van der Waals surface area (Å²) in [5, 5.41) is 13.0. The molecule has 2 N–H and O–H groups in total. The number of benzene rings is 2. The molecular weight excluding hydrogens is 280 g/mol. The average molecular weight is 298 g/mol. The fourth-order valence-corrected chi connectivity index (χ4v) is 1.88. The average Bonchev–Trinajstić information content (AvgIpc) is 2.48. The predicted octanol–water partition coefficient (Wildman–Crippen LogP) is 2.54. The number of amides is 1. The highest BCUT2D eigenvalue weighted by Gasteiger charge is 2.04. The third kappa shape index (κ3) is 4.63. The van der Waals surface area contributed by atoms with E-state index in [0.29, 0.717) is 5.75 Å². The maximum Gasteiger partial charge on any atom is 0.277 e. The first-order chi connectivity index (χ1) is 10.5. The number of aromatic hydroxyl groups is 1. The highest BCUT2D eigenvalue weighted by Crippen LogP contribution is 2.18. The highest BCUT2D eigenvalue weighted by atomic mass is 16.5. The third-order valence-corrected chi connectivity index (χ3v) is 2.99. The number of phenols is 1. The van der Waals surface area contributed by atoms with Crippen molar-refractivity contribution in [2.45, 2.75) is 13.8 Å². The van der Waals surface area contributed by atoms with Crippen molar-refractivity contribution in [1.82, 2.24) is 5.43 Å². The fourth-order valence-electron chi connectivity index (χ4n) is 1.88. The minimum atomic E-state index is -0.338. The van der Waals surface area contributed by atoms with E-state index in [-0.39, 0.29) is 18.3 Å². The molecule has 0 heterocycles. The van der Waals surface area contributed by atoms with E-state index in [1.807, 2.05) is 32.0 Å². The Balaban J connectivity index is 1.81. The zero-order valence-corrected chi connectivity index (χ0v) is 12.5. The van der Waals surface area contributed by atoms with Crippen LogP contribution in [-0.2, 0) is 4.79 Å². The first-order valence-corrected chi connectivity index (χ1v) is 6.85. The molecule has 5 heteroatoms. The summed E-state index contributed by atoms with van der Waals surface area (Å²) in [5.41, 5.74) is 5.29. The van der Waals surface area contributed by atoms with E-state index >= 15 is 0 Å². The SMILES string of the molecule is Cc1ccc(OCC(=O)N/N=C\c2ccc(O)cc2)c(C)c1. The number of aryl methyl sites for hydroxylation is 2. The number of carbonyl (C=O) groups excluding carboxylic acids is 1. The molecule has 5 nitrogen and oxygen atoms in total. The smallest absolute Gasteiger partial charge is 0.277 e. The van der Waals surface area contributed by atoms with Crippen molar-refractivity contribution in [3.63, 3.8) is 0 Å². The van der Waals surface area contributed by atoms with Gasteiger partial charge in [-0.25, -0.2) is 5.43 Å². The van der Waals surface area contributed by atoms with Crippen molar-refractivity contribution in [3.05, 3.63) is 59.2 Å². The molecule has 114 valence electrons. The van der Waals surface area contributed by atoms with E-state index in [1.54, 1.807) is 24.3 Å².